The smallest absolute Gasteiger partial charge is 0.226 e. The van der Waals surface area contributed by atoms with Crippen molar-refractivity contribution in [2.75, 3.05) is 0 Å². The first-order valence-corrected chi connectivity index (χ1v) is 6.36. The van der Waals surface area contributed by atoms with Crippen molar-refractivity contribution in [1.29, 1.82) is 0 Å². The summed E-state index contributed by atoms with van der Waals surface area (Å²) in [6.07, 6.45) is 0.862. The molecule has 0 bridgehead atoms. The first-order valence-electron chi connectivity index (χ1n) is 5.98. The number of hydrogen-bond donors (Lipinski definition) is 1. The fourth-order valence-corrected chi connectivity index (χ4v) is 1.85. The van der Waals surface area contributed by atoms with Gasteiger partial charge in [-0.25, -0.2) is 4.39 Å². The number of nitrogens with zero attached hydrogens (tertiary/aromatic N) is 2. The van der Waals surface area contributed by atoms with E-state index in [4.69, 9.17) is 21.2 Å². The zero-order valence-electron chi connectivity index (χ0n) is 10.4. The largest absolute Gasteiger partial charge is 0.393 e. The quantitative estimate of drug-likeness (QED) is 0.917. The maximum Gasteiger partial charge on any atom is 0.226 e. The number of hydrogen-bond acceptors (Lipinski definition) is 4. The van der Waals surface area contributed by atoms with Crippen molar-refractivity contribution in [2.45, 2.75) is 32.3 Å². The van der Waals surface area contributed by atoms with Crippen LogP contribution in [-0.4, -0.2) is 21.4 Å². The normalized spacial score (nSPS) is 12.6. The number of aryl methyl sites for hydroxylation is 1. The lowest BCUT2D eigenvalue weighted by molar-refractivity contribution is 0.180. The molecule has 0 aliphatic heterocycles. The molecule has 0 fully saturated rings. The first-order chi connectivity index (χ1) is 9.06. The predicted octanol–water partition coefficient (Wildman–Crippen LogP) is 2.77. The number of benzene rings is 1. The van der Waals surface area contributed by atoms with Gasteiger partial charge in [0, 0.05) is 12.8 Å². The van der Waals surface area contributed by atoms with Crippen molar-refractivity contribution in [1.82, 2.24) is 10.1 Å². The van der Waals surface area contributed by atoms with Gasteiger partial charge in [0.1, 0.15) is 5.82 Å². The van der Waals surface area contributed by atoms with Crippen LogP contribution in [0.1, 0.15) is 30.6 Å². The van der Waals surface area contributed by atoms with Crippen LogP contribution < -0.4 is 0 Å². The summed E-state index contributed by atoms with van der Waals surface area (Å²) >= 11 is 5.70. The Morgan fingerprint density at radius 3 is 3.00 bits per heavy atom. The van der Waals surface area contributed by atoms with E-state index in [0.717, 1.165) is 0 Å². The predicted molar refractivity (Wildman–Crippen MR) is 68.5 cm³/mol. The van der Waals surface area contributed by atoms with E-state index >= 15 is 0 Å². The molecule has 0 spiro atoms. The van der Waals surface area contributed by atoms with Gasteiger partial charge in [-0.2, -0.15) is 4.98 Å². The average molecular weight is 285 g/mol. The molecule has 1 aromatic carbocycles. The Balaban J connectivity index is 2.05. The fourth-order valence-electron chi connectivity index (χ4n) is 1.65. The molecule has 0 saturated carbocycles. The Morgan fingerprint density at radius 1 is 1.47 bits per heavy atom. The van der Waals surface area contributed by atoms with Crippen LogP contribution in [0.3, 0.4) is 0 Å². The maximum absolute atomic E-state index is 13.7. The summed E-state index contributed by atoms with van der Waals surface area (Å²) in [6, 6.07) is 4.80. The minimum absolute atomic E-state index is 0.0790. The van der Waals surface area contributed by atoms with Gasteiger partial charge < -0.3 is 9.63 Å². The standard InChI is InChI=1S/C13H14ClFN2O2/c1-8(18)5-6-12-16-11(17-19-12)7-9-3-2-4-10(14)13(9)15/h2-4,8,18H,5-7H2,1H3. The highest BCUT2D eigenvalue weighted by Gasteiger charge is 2.12. The Morgan fingerprint density at radius 2 is 2.26 bits per heavy atom. The highest BCUT2D eigenvalue weighted by molar-refractivity contribution is 6.30. The SMILES string of the molecule is CC(O)CCc1nc(Cc2cccc(Cl)c2F)no1. The maximum atomic E-state index is 13.7. The summed E-state index contributed by atoms with van der Waals surface area (Å²) in [5.41, 5.74) is 0.426. The van der Waals surface area contributed by atoms with Gasteiger partial charge >= 0.3 is 0 Å². The minimum atomic E-state index is -0.459. The van der Waals surface area contributed by atoms with E-state index in [9.17, 15) is 4.39 Å². The van der Waals surface area contributed by atoms with E-state index in [1.807, 2.05) is 0 Å². The monoisotopic (exact) mass is 284 g/mol. The Hall–Kier alpha value is -1.46. The summed E-state index contributed by atoms with van der Waals surface area (Å²) in [6.45, 7) is 1.69. The van der Waals surface area contributed by atoms with Gasteiger partial charge in [-0.3, -0.25) is 0 Å². The third-order valence-corrected chi connectivity index (χ3v) is 2.96. The molecule has 102 valence electrons. The molecule has 0 aliphatic rings. The molecular weight excluding hydrogens is 271 g/mol. The molecule has 0 saturated heterocycles. The summed E-state index contributed by atoms with van der Waals surface area (Å²) in [5, 5.41) is 13.0. The number of halogens is 2. The second-order valence-corrected chi connectivity index (χ2v) is 4.79. The van der Waals surface area contributed by atoms with Crippen molar-refractivity contribution in [3.63, 3.8) is 0 Å². The van der Waals surface area contributed by atoms with Crippen molar-refractivity contribution in [2.24, 2.45) is 0 Å². The molecule has 0 radical (unpaired) electrons. The second kappa shape index (κ2) is 6.12. The van der Waals surface area contributed by atoms with Gasteiger partial charge in [0.25, 0.3) is 0 Å². The van der Waals surface area contributed by atoms with E-state index in [0.29, 0.717) is 30.1 Å². The molecule has 0 aliphatic carbocycles. The van der Waals surface area contributed by atoms with Gasteiger partial charge in [-0.15, -0.1) is 0 Å². The second-order valence-electron chi connectivity index (χ2n) is 4.38. The molecule has 1 aromatic heterocycles. The van der Waals surface area contributed by atoms with E-state index in [-0.39, 0.29) is 11.4 Å². The Kier molecular flexibility index (Phi) is 4.50. The zero-order valence-corrected chi connectivity index (χ0v) is 11.2. The van der Waals surface area contributed by atoms with Gasteiger partial charge in [-0.05, 0) is 25.0 Å². The molecule has 6 heteroatoms. The van der Waals surface area contributed by atoms with Gasteiger partial charge in [0.05, 0.1) is 11.1 Å². The lowest BCUT2D eigenvalue weighted by Gasteiger charge is -2.00. The molecule has 2 rings (SSSR count). The average Bonchev–Trinajstić information content (AvgIpc) is 2.80. The Bertz CT molecular complexity index is 557. The van der Waals surface area contributed by atoms with E-state index in [1.54, 1.807) is 19.1 Å². The van der Waals surface area contributed by atoms with Crippen LogP contribution in [0, 0.1) is 5.82 Å². The third kappa shape index (κ3) is 3.75. The minimum Gasteiger partial charge on any atom is -0.393 e. The molecule has 1 unspecified atom stereocenters. The molecule has 1 heterocycles. The molecule has 0 amide bonds. The number of aromatic nitrogens is 2. The topological polar surface area (TPSA) is 59.2 Å². The molecule has 4 nitrogen and oxygen atoms in total. The van der Waals surface area contributed by atoms with Crippen molar-refractivity contribution < 1.29 is 14.0 Å². The van der Waals surface area contributed by atoms with Gasteiger partial charge in [0.15, 0.2) is 5.82 Å². The van der Waals surface area contributed by atoms with Crippen LogP contribution in [0.2, 0.25) is 5.02 Å². The van der Waals surface area contributed by atoms with Crippen LogP contribution in [0.15, 0.2) is 22.7 Å². The van der Waals surface area contributed by atoms with Gasteiger partial charge in [-0.1, -0.05) is 28.9 Å². The summed E-state index contributed by atoms with van der Waals surface area (Å²) < 4.78 is 18.7. The molecular formula is C13H14ClFN2O2. The summed E-state index contributed by atoms with van der Waals surface area (Å²) in [5.74, 6) is 0.389. The van der Waals surface area contributed by atoms with Crippen LogP contribution in [0.4, 0.5) is 4.39 Å². The lowest BCUT2D eigenvalue weighted by Crippen LogP contribution is -2.01. The van der Waals surface area contributed by atoms with Gasteiger partial charge in [0.2, 0.25) is 5.89 Å². The Labute approximate surface area is 115 Å². The van der Waals surface area contributed by atoms with Crippen molar-refractivity contribution in [3.8, 4) is 0 Å². The zero-order chi connectivity index (χ0) is 13.8. The number of aliphatic hydroxyl groups excluding tert-OH is 1. The highest BCUT2D eigenvalue weighted by atomic mass is 35.5. The van der Waals surface area contributed by atoms with E-state index in [1.165, 1.54) is 6.07 Å². The van der Waals surface area contributed by atoms with E-state index < -0.39 is 11.9 Å². The first kappa shape index (κ1) is 14.0. The van der Waals surface area contributed by atoms with Crippen LogP contribution in [-0.2, 0) is 12.8 Å². The van der Waals surface area contributed by atoms with E-state index in [2.05, 4.69) is 10.1 Å². The van der Waals surface area contributed by atoms with Crippen LogP contribution in [0.25, 0.3) is 0 Å². The molecule has 2 aromatic rings. The fraction of sp³-hybridized carbons (Fsp3) is 0.385. The highest BCUT2D eigenvalue weighted by Crippen LogP contribution is 2.19. The lowest BCUT2D eigenvalue weighted by atomic mass is 10.1. The number of aliphatic hydroxyl groups is 1. The molecule has 1 N–H and O–H groups in total. The summed E-state index contributed by atoms with van der Waals surface area (Å²) in [7, 11) is 0. The molecule has 19 heavy (non-hydrogen) atoms. The van der Waals surface area contributed by atoms with Crippen molar-refractivity contribution >= 4 is 11.6 Å². The van der Waals surface area contributed by atoms with Crippen LogP contribution in [0.5, 0.6) is 0 Å². The van der Waals surface area contributed by atoms with Crippen LogP contribution >= 0.6 is 11.6 Å². The molecule has 1 atom stereocenters. The number of rotatable bonds is 5. The van der Waals surface area contributed by atoms with Crippen molar-refractivity contribution in [3.05, 3.63) is 46.3 Å². The third-order valence-electron chi connectivity index (χ3n) is 2.67. The summed E-state index contributed by atoms with van der Waals surface area (Å²) in [4.78, 5) is 4.15.